The Kier molecular flexibility index (Phi) is 32.0. The van der Waals surface area contributed by atoms with Crippen LogP contribution in [0.25, 0.3) is 101 Å². The summed E-state index contributed by atoms with van der Waals surface area (Å²) in [6.07, 6.45) is 38.0. The Hall–Kier alpha value is -14.6. The third kappa shape index (κ3) is 21.8. The summed E-state index contributed by atoms with van der Waals surface area (Å²) in [5.41, 5.74) is 57.1. The smallest absolute Gasteiger partial charge is 0.243 e. The van der Waals surface area contributed by atoms with Crippen LogP contribution in [0.2, 0.25) is 5.02 Å². The van der Waals surface area contributed by atoms with Gasteiger partial charge in [0.1, 0.15) is 95.4 Å². The van der Waals surface area contributed by atoms with E-state index in [9.17, 15) is 9.90 Å². The van der Waals surface area contributed by atoms with Gasteiger partial charge in [0.2, 0.25) is 23.2 Å². The number of furan rings is 4. The Balaban J connectivity index is 0.000000113. The lowest BCUT2D eigenvalue weighted by molar-refractivity contribution is -0.129. The summed E-state index contributed by atoms with van der Waals surface area (Å²) in [6.45, 7) is 12.5. The molecule has 0 saturated carbocycles. The van der Waals surface area contributed by atoms with Crippen LogP contribution in [0.3, 0.4) is 0 Å². The molecular weight excluding hydrogens is 2200 g/mol. The number of nitrogen functional groups attached to an aromatic ring is 6. The number of amides is 1. The second-order valence-corrected chi connectivity index (χ2v) is 41.0. The third-order valence-corrected chi connectivity index (χ3v) is 31.1. The number of hydrogen-bond donors (Lipinski definition) is 13. The number of aliphatic hydroxyl groups excluding tert-OH is 1. The van der Waals surface area contributed by atoms with Gasteiger partial charge in [-0.3, -0.25) is 14.2 Å². The summed E-state index contributed by atoms with van der Waals surface area (Å²) in [5.74, 6) is 6.02. The molecule has 18 aromatic heterocycles. The maximum Gasteiger partial charge on any atom is 0.243 e. The molecule has 46 nitrogen and oxygen atoms in total. The van der Waals surface area contributed by atoms with Gasteiger partial charge in [-0.05, 0) is 186 Å². The Morgan fingerprint density at radius 1 is 0.453 bits per heavy atom. The van der Waals surface area contributed by atoms with Crippen LogP contribution in [0, 0.1) is 34.0 Å². The van der Waals surface area contributed by atoms with Crippen LogP contribution in [0.4, 0.5) is 34.9 Å². The molecular formula is C99H108Br4ClN39O7. The van der Waals surface area contributed by atoms with Gasteiger partial charge in [0.25, 0.3) is 0 Å². The van der Waals surface area contributed by atoms with E-state index in [1.165, 1.54) is 23.3 Å². The van der Waals surface area contributed by atoms with Gasteiger partial charge in [-0.2, -0.15) is 83.7 Å². The van der Waals surface area contributed by atoms with Gasteiger partial charge < -0.3 is 98.8 Å². The second kappa shape index (κ2) is 46.3. The van der Waals surface area contributed by atoms with E-state index in [0.29, 0.717) is 104 Å². The number of nitrogens with one attached hydrogen (secondary N) is 5. The van der Waals surface area contributed by atoms with Crippen molar-refractivity contribution in [3.8, 4) is 85.0 Å². The summed E-state index contributed by atoms with van der Waals surface area (Å²) in [7, 11) is 5.34. The molecule has 6 fully saturated rings. The summed E-state index contributed by atoms with van der Waals surface area (Å²) in [6, 6.07) is 14.6. The molecule has 24 heterocycles. The number of nitrogens with zero attached hydrogens (tertiary/aromatic N) is 28. The summed E-state index contributed by atoms with van der Waals surface area (Å²) in [4.78, 5) is 44.9. The number of likely N-dealkylation sites (tertiary alicyclic amines) is 1. The fourth-order valence-corrected chi connectivity index (χ4v) is 22.2. The zero-order chi connectivity index (χ0) is 105. The molecule has 776 valence electrons. The maximum atomic E-state index is 11.9. The first-order valence-electron chi connectivity index (χ1n) is 49.0. The number of oxime groups is 1. The maximum absolute atomic E-state index is 11.9. The monoisotopic (exact) mass is 2310 g/mol. The minimum absolute atomic E-state index is 0.0205. The molecule has 6 unspecified atom stereocenters. The molecule has 51 heteroatoms. The van der Waals surface area contributed by atoms with E-state index in [-0.39, 0.29) is 48.2 Å². The number of nitrogens with two attached hydrogens (primary N) is 6. The Morgan fingerprint density at radius 3 is 1.19 bits per heavy atom. The molecule has 0 spiro atoms. The van der Waals surface area contributed by atoms with Crippen molar-refractivity contribution >= 4 is 156 Å². The Labute approximate surface area is 895 Å². The number of piperidine rings is 6. The minimum atomic E-state index is -0.0205. The van der Waals surface area contributed by atoms with E-state index < -0.39 is 0 Å². The molecule has 0 aromatic carbocycles. The fourth-order valence-electron chi connectivity index (χ4n) is 19.6. The first kappa shape index (κ1) is 104. The number of likely N-dealkylation sites (N-methyl/N-ethyl adjacent to an activating group) is 1. The first-order valence-corrected chi connectivity index (χ1v) is 52.5. The lowest BCUT2D eigenvalue weighted by atomic mass is 9.94. The van der Waals surface area contributed by atoms with Crippen LogP contribution in [-0.4, -0.2) is 245 Å². The van der Waals surface area contributed by atoms with Gasteiger partial charge in [-0.1, -0.05) is 16.8 Å². The molecule has 1 amide bonds. The van der Waals surface area contributed by atoms with Crippen molar-refractivity contribution in [1.29, 1.82) is 15.8 Å². The highest BCUT2D eigenvalue weighted by molar-refractivity contribution is 9.11. The standard InChI is InChI=1S/C18H23BrN8O.C17H22BrN7O.C16H17BrN6O2.C16H15BrN6O.C16H15ClN6O.C16H16N6O/c1-25(2)14(28)10-26-9-12(7-22-26)13-8-23-27-17(20)15(19)16(24-18(13)27)11-4-3-5-21-6-11;1-23-9-12(7-20-23)13-8-21-25-16(19)14(18)15(22-17(13)25)11-3-2-4-24(10-11)5-6-26;17-13-14(9-2-1-3-19-5-9)22-16-12(7-20-23(16)15(13)18)10-4-11(6-21-24)25-8-10;2*17-13-14(9-2-1-3-20-6-9)22-16-12(7-21-23(16)15(13)19)10-4-11(5-18)24-8-10;17-6-12-4-11(9-23-12)13-8-20-22-15(18)5-14(21-16(13)22)10-2-1-3-19-7-10/h7-9,11,21H,3-6,10,20H2,1-2H3;7-9,11,26H,2-6,10,19H2,1H3;4,6-9,19,24H,1-3,5,18H2;2*4,7-9,20H,1-3,6,19H2;4-5,8-10,19H,1-3,7,18H2. The molecule has 19 N–H and O–H groups in total. The third-order valence-electron chi connectivity index (χ3n) is 27.5. The summed E-state index contributed by atoms with van der Waals surface area (Å²) < 4.78 is 37.2. The number of rotatable bonds is 17. The lowest BCUT2D eigenvalue weighted by Gasteiger charge is -2.32. The molecule has 6 aliphatic heterocycles. The number of anilines is 6. The molecule has 150 heavy (non-hydrogen) atoms. The topological polar surface area (TPSA) is 633 Å². The van der Waals surface area contributed by atoms with Gasteiger partial charge in [0.15, 0.2) is 33.9 Å². The number of β-amino-alcohol motifs (C(OH)–C–C–N with tert-alkyl or cyclic N) is 1. The molecule has 6 aliphatic rings. The predicted molar refractivity (Wildman–Crippen MR) is 576 cm³/mol. The number of aryl methyl sites for hydroxylation is 1. The van der Waals surface area contributed by atoms with Gasteiger partial charge in [0, 0.05) is 206 Å². The first-order chi connectivity index (χ1) is 72.8. The van der Waals surface area contributed by atoms with Crippen LogP contribution in [-0.2, 0) is 18.4 Å². The molecule has 18 aromatic rings. The van der Waals surface area contributed by atoms with Crippen molar-refractivity contribution < 1.29 is 32.8 Å². The van der Waals surface area contributed by atoms with Crippen LogP contribution >= 0.6 is 75.3 Å². The minimum Gasteiger partial charge on any atom is -0.463 e. The largest absolute Gasteiger partial charge is 0.463 e. The average Bonchev–Trinajstić information content (AvgIpc) is 1.61. The quantitative estimate of drug-likeness (QED) is 0.0229. The molecule has 6 saturated heterocycles. The van der Waals surface area contributed by atoms with Crippen molar-refractivity contribution in [3.05, 3.63) is 197 Å². The zero-order valence-corrected chi connectivity index (χ0v) is 89.0. The summed E-state index contributed by atoms with van der Waals surface area (Å²) >= 11 is 20.9. The number of aliphatic hydroxyl groups is 1. The highest BCUT2D eigenvalue weighted by Gasteiger charge is 2.34. The average molecular weight is 2310 g/mol. The van der Waals surface area contributed by atoms with E-state index in [1.54, 1.807) is 137 Å². The predicted octanol–water partition coefficient (Wildman–Crippen LogP) is 12.9. The second-order valence-electron chi connectivity index (χ2n) is 37.5. The number of nitriles is 3. The Bertz CT molecular complexity index is 7950. The molecule has 0 aliphatic carbocycles. The van der Waals surface area contributed by atoms with Crippen LogP contribution in [0.1, 0.15) is 170 Å². The SMILES string of the molecule is CN(C)C(=O)Cn1cc(-c2cnn3c(N)c(Br)c(C4CCCNC4)nc23)cn1.Cn1cc(-c2cnn3c(N)c(Br)c(C4CCCN(CCO)C4)nc23)cn1.N#Cc1cc(-c2cnn3c(N)c(Br)c(C4CCCNC4)nc23)co1.N#Cc1cc(-c2cnn3c(N)c(Cl)c(C4CCCNC4)nc23)co1.N#Cc1cc(-c2cnn3c(N)cc(C4CCCNC4)nc23)co1.Nc1c(Br)c(C2CCCNC2)nc2c(-c3coc(C=NO)c3)cnn12. The number of aromatic nitrogens is 22. The molecule has 24 rings (SSSR count). The van der Waals surface area contributed by atoms with Crippen LogP contribution < -0.4 is 61.0 Å². The fraction of sp³-hybridized carbons (Fsp3) is 0.364. The molecule has 6 atom stereocenters. The highest BCUT2D eigenvalue weighted by Crippen LogP contribution is 2.44. The van der Waals surface area contributed by atoms with Crippen LogP contribution in [0.15, 0.2) is 158 Å². The van der Waals surface area contributed by atoms with E-state index in [1.807, 2.05) is 43.7 Å². The number of carbonyl (C=O) groups excluding carboxylic acids is 1. The van der Waals surface area contributed by atoms with E-state index >= 15 is 0 Å². The van der Waals surface area contributed by atoms with Crippen molar-refractivity contribution in [2.75, 3.05) is 140 Å². The number of halogens is 5. The van der Waals surface area contributed by atoms with E-state index in [0.717, 1.165) is 280 Å². The summed E-state index contributed by atoms with van der Waals surface area (Å²) in [5, 5.41) is 99.8. The van der Waals surface area contributed by atoms with Crippen molar-refractivity contribution in [3.63, 3.8) is 0 Å². The lowest BCUT2D eigenvalue weighted by Crippen LogP contribution is -2.36. The highest BCUT2D eigenvalue weighted by atomic mass is 79.9. The van der Waals surface area contributed by atoms with E-state index in [4.69, 9.17) is 115 Å². The molecule has 0 radical (unpaired) electrons. The van der Waals surface area contributed by atoms with E-state index in [2.05, 4.69) is 141 Å². The van der Waals surface area contributed by atoms with Gasteiger partial charge in [-0.25, -0.2) is 29.9 Å². The normalized spacial score (nSPS) is 18.0. The van der Waals surface area contributed by atoms with Gasteiger partial charge >= 0.3 is 0 Å². The van der Waals surface area contributed by atoms with Gasteiger partial charge in [0.05, 0.1) is 114 Å². The number of hydrogen-bond acceptors (Lipinski definition) is 37. The number of carbonyl (C=O) groups is 1. The van der Waals surface area contributed by atoms with Crippen molar-refractivity contribution in [2.45, 2.75) is 119 Å². The zero-order valence-electron chi connectivity index (χ0n) is 81.9. The van der Waals surface area contributed by atoms with Crippen LogP contribution in [0.5, 0.6) is 0 Å². The number of fused-ring (bicyclic) bond motifs is 6. The van der Waals surface area contributed by atoms with Crippen molar-refractivity contribution in [1.82, 2.24) is 144 Å². The molecule has 0 bridgehead atoms. The Morgan fingerprint density at radius 2 is 0.807 bits per heavy atom. The van der Waals surface area contributed by atoms with Crippen molar-refractivity contribution in [2.24, 2.45) is 12.2 Å². The van der Waals surface area contributed by atoms with Gasteiger partial charge in [-0.15, -0.1) is 0 Å².